The molecule has 0 saturated heterocycles. The van der Waals surface area contributed by atoms with Gasteiger partial charge < -0.3 is 0 Å². The maximum Gasteiger partial charge on any atom is 0.235 e. The zero-order chi connectivity index (χ0) is 9.84. The first-order valence-corrected chi connectivity index (χ1v) is 3.64. The van der Waals surface area contributed by atoms with Crippen LogP contribution in [0.1, 0.15) is 11.1 Å². The first-order valence-electron chi connectivity index (χ1n) is 3.64. The second kappa shape index (κ2) is 3.92. The van der Waals surface area contributed by atoms with Crippen molar-refractivity contribution in [2.24, 2.45) is 4.99 Å². The number of carbonyl (C=O) groups excluding carboxylic acids is 1. The van der Waals surface area contributed by atoms with E-state index in [9.17, 15) is 13.6 Å². The Bertz CT molecular complexity index is 370. The van der Waals surface area contributed by atoms with Gasteiger partial charge >= 0.3 is 0 Å². The van der Waals surface area contributed by atoms with Gasteiger partial charge in [0.1, 0.15) is 11.6 Å². The third-order valence-corrected chi connectivity index (χ3v) is 1.68. The van der Waals surface area contributed by atoms with Gasteiger partial charge in [-0.1, -0.05) is 6.07 Å². The van der Waals surface area contributed by atoms with Gasteiger partial charge in [-0.3, -0.25) is 0 Å². The quantitative estimate of drug-likeness (QED) is 0.510. The number of aryl methyl sites for hydroxylation is 1. The van der Waals surface area contributed by atoms with E-state index in [1.807, 2.05) is 0 Å². The van der Waals surface area contributed by atoms with E-state index in [1.165, 1.54) is 19.1 Å². The maximum absolute atomic E-state index is 13.2. The smallest absolute Gasteiger partial charge is 0.211 e. The molecule has 13 heavy (non-hydrogen) atoms. The zero-order valence-corrected chi connectivity index (χ0v) is 6.97. The van der Waals surface area contributed by atoms with Gasteiger partial charge in [-0.15, -0.1) is 0 Å². The van der Waals surface area contributed by atoms with Crippen LogP contribution in [0.3, 0.4) is 0 Å². The average molecular weight is 183 g/mol. The van der Waals surface area contributed by atoms with Gasteiger partial charge in [0.15, 0.2) is 0 Å². The molecule has 0 amide bonds. The SMILES string of the molecule is Cc1ccc(F)c(CN=C=O)c1F. The number of nitrogens with zero attached hydrogens (tertiary/aromatic N) is 1. The second-order valence-corrected chi connectivity index (χ2v) is 2.56. The lowest BCUT2D eigenvalue weighted by Crippen LogP contribution is -1.96. The maximum atomic E-state index is 13.2. The van der Waals surface area contributed by atoms with E-state index in [0.29, 0.717) is 5.56 Å². The van der Waals surface area contributed by atoms with Crippen LogP contribution in [0.2, 0.25) is 0 Å². The summed E-state index contributed by atoms with van der Waals surface area (Å²) in [6, 6.07) is 2.48. The minimum absolute atomic E-state index is 0.191. The van der Waals surface area contributed by atoms with Gasteiger partial charge in [0.05, 0.1) is 6.54 Å². The number of rotatable bonds is 2. The molecule has 0 unspecified atom stereocenters. The molecule has 68 valence electrons. The van der Waals surface area contributed by atoms with Crippen molar-refractivity contribution in [2.45, 2.75) is 13.5 Å². The highest BCUT2D eigenvalue weighted by Crippen LogP contribution is 2.16. The molecule has 2 nitrogen and oxygen atoms in total. The van der Waals surface area contributed by atoms with E-state index < -0.39 is 11.6 Å². The van der Waals surface area contributed by atoms with Crippen LogP contribution < -0.4 is 0 Å². The van der Waals surface area contributed by atoms with Gasteiger partial charge in [0, 0.05) is 5.56 Å². The lowest BCUT2D eigenvalue weighted by molar-refractivity contribution is 0.546. The van der Waals surface area contributed by atoms with Crippen LogP contribution >= 0.6 is 0 Å². The first kappa shape index (κ1) is 9.55. The molecule has 0 spiro atoms. The molecule has 1 aromatic carbocycles. The topological polar surface area (TPSA) is 29.4 Å². The van der Waals surface area contributed by atoms with Gasteiger partial charge in [-0.25, -0.2) is 18.6 Å². The number of hydrogen-bond donors (Lipinski definition) is 0. The van der Waals surface area contributed by atoms with Gasteiger partial charge in [-0.2, -0.15) is 0 Å². The molecular formula is C9H7F2NO. The minimum atomic E-state index is -0.692. The molecule has 0 aliphatic rings. The third kappa shape index (κ3) is 1.98. The lowest BCUT2D eigenvalue weighted by atomic mass is 10.1. The highest BCUT2D eigenvalue weighted by atomic mass is 19.1. The third-order valence-electron chi connectivity index (χ3n) is 1.68. The van der Waals surface area contributed by atoms with Crippen LogP contribution in [0.5, 0.6) is 0 Å². The van der Waals surface area contributed by atoms with Crippen LogP contribution in [-0.2, 0) is 11.3 Å². The zero-order valence-electron chi connectivity index (χ0n) is 6.97. The second-order valence-electron chi connectivity index (χ2n) is 2.56. The summed E-state index contributed by atoms with van der Waals surface area (Å²) in [5.41, 5.74) is 0.140. The molecule has 0 radical (unpaired) electrons. The van der Waals surface area contributed by atoms with Gasteiger partial charge in [-0.05, 0) is 18.6 Å². The molecule has 0 bridgehead atoms. The van der Waals surface area contributed by atoms with E-state index in [0.717, 1.165) is 6.07 Å². The molecule has 4 heteroatoms. The van der Waals surface area contributed by atoms with Crippen LogP contribution in [0.15, 0.2) is 17.1 Å². The Labute approximate surface area is 73.9 Å². The molecular weight excluding hydrogens is 176 g/mol. The number of isocyanates is 1. The van der Waals surface area contributed by atoms with E-state index in [2.05, 4.69) is 4.99 Å². The number of aliphatic imine (C=N–C) groups is 1. The summed E-state index contributed by atoms with van der Waals surface area (Å²) in [5, 5.41) is 0. The fraction of sp³-hybridized carbons (Fsp3) is 0.222. The van der Waals surface area contributed by atoms with Crippen molar-refractivity contribution in [1.82, 2.24) is 0 Å². The predicted molar refractivity (Wildman–Crippen MR) is 42.9 cm³/mol. The summed E-state index contributed by atoms with van der Waals surface area (Å²) in [4.78, 5) is 12.9. The molecule has 0 aromatic heterocycles. The summed E-state index contributed by atoms with van der Waals surface area (Å²) >= 11 is 0. The molecule has 0 aliphatic carbocycles. The molecule has 0 heterocycles. The molecule has 0 N–H and O–H groups in total. The number of benzene rings is 1. The highest BCUT2D eigenvalue weighted by Gasteiger charge is 2.09. The Kier molecular flexibility index (Phi) is 2.88. The van der Waals surface area contributed by atoms with Crippen molar-refractivity contribution < 1.29 is 13.6 Å². The van der Waals surface area contributed by atoms with Crippen molar-refractivity contribution in [3.05, 3.63) is 34.9 Å². The van der Waals surface area contributed by atoms with Crippen LogP contribution in [-0.4, -0.2) is 6.08 Å². The van der Waals surface area contributed by atoms with Crippen LogP contribution in [0.25, 0.3) is 0 Å². The standard InChI is InChI=1S/C9H7F2NO/c1-6-2-3-8(10)7(9(6)11)4-12-5-13/h2-3H,4H2,1H3. The summed E-state index contributed by atoms with van der Waals surface area (Å²) in [7, 11) is 0. The summed E-state index contributed by atoms with van der Waals surface area (Å²) < 4.78 is 26.1. The fourth-order valence-electron chi connectivity index (χ4n) is 0.971. The van der Waals surface area contributed by atoms with Crippen molar-refractivity contribution >= 4 is 6.08 Å². The fourth-order valence-corrected chi connectivity index (χ4v) is 0.971. The van der Waals surface area contributed by atoms with Gasteiger partial charge in [0.2, 0.25) is 6.08 Å². The Balaban J connectivity index is 3.16. The van der Waals surface area contributed by atoms with Crippen LogP contribution in [0.4, 0.5) is 8.78 Å². The molecule has 0 aliphatic heterocycles. The van der Waals surface area contributed by atoms with E-state index in [1.54, 1.807) is 0 Å². The molecule has 0 atom stereocenters. The number of halogens is 2. The predicted octanol–water partition coefficient (Wildman–Crippen LogP) is 2.11. The molecule has 1 rings (SSSR count). The van der Waals surface area contributed by atoms with Crippen molar-refractivity contribution in [3.63, 3.8) is 0 Å². The largest absolute Gasteiger partial charge is 0.235 e. The van der Waals surface area contributed by atoms with E-state index >= 15 is 0 Å². The monoisotopic (exact) mass is 183 g/mol. The van der Waals surface area contributed by atoms with Crippen molar-refractivity contribution in [1.29, 1.82) is 0 Å². The summed E-state index contributed by atoms with van der Waals surface area (Å²) in [6.07, 6.45) is 1.23. The Morgan fingerprint density at radius 3 is 2.77 bits per heavy atom. The Morgan fingerprint density at radius 2 is 2.15 bits per heavy atom. The normalized spacial score (nSPS) is 9.46. The van der Waals surface area contributed by atoms with Crippen LogP contribution in [0, 0.1) is 18.6 Å². The first-order chi connectivity index (χ1) is 6.16. The molecule has 0 fully saturated rings. The molecule has 0 saturated carbocycles. The summed E-state index contributed by atoms with van der Waals surface area (Å²) in [6.45, 7) is 1.21. The van der Waals surface area contributed by atoms with E-state index in [4.69, 9.17) is 0 Å². The van der Waals surface area contributed by atoms with Crippen molar-refractivity contribution in [2.75, 3.05) is 0 Å². The highest BCUT2D eigenvalue weighted by molar-refractivity contribution is 5.34. The minimum Gasteiger partial charge on any atom is -0.211 e. The summed E-state index contributed by atoms with van der Waals surface area (Å²) in [5.74, 6) is -1.35. The molecule has 1 aromatic rings. The average Bonchev–Trinajstić information content (AvgIpc) is 2.12. The lowest BCUT2D eigenvalue weighted by Gasteiger charge is -2.02. The number of hydrogen-bond acceptors (Lipinski definition) is 2. The van der Waals surface area contributed by atoms with Crippen molar-refractivity contribution in [3.8, 4) is 0 Å². The van der Waals surface area contributed by atoms with Gasteiger partial charge in [0.25, 0.3) is 0 Å². The Hall–Kier alpha value is -1.54. The van der Waals surface area contributed by atoms with E-state index in [-0.39, 0.29) is 12.1 Å². The Morgan fingerprint density at radius 1 is 1.46 bits per heavy atom.